The van der Waals surface area contributed by atoms with Crippen LogP contribution in [0.15, 0.2) is 42.6 Å². The molecule has 0 saturated carbocycles. The van der Waals surface area contributed by atoms with Crippen molar-refractivity contribution in [3.05, 3.63) is 48.2 Å². The van der Waals surface area contributed by atoms with E-state index < -0.39 is 5.97 Å². The van der Waals surface area contributed by atoms with Gasteiger partial charge >= 0.3 is 5.97 Å². The van der Waals surface area contributed by atoms with Gasteiger partial charge in [0.2, 0.25) is 5.88 Å². The molecule has 0 spiro atoms. The predicted molar refractivity (Wildman–Crippen MR) is 63.2 cm³/mol. The molecule has 0 fully saturated rings. The van der Waals surface area contributed by atoms with Gasteiger partial charge in [0.05, 0.1) is 7.11 Å². The summed E-state index contributed by atoms with van der Waals surface area (Å²) in [5.41, 5.74) is 1.51. The van der Waals surface area contributed by atoms with Crippen LogP contribution in [-0.4, -0.2) is 23.2 Å². The maximum absolute atomic E-state index is 11.3. The maximum atomic E-state index is 11.3. The SMILES string of the molecule is COc1nccc(-c2ccccc2)c1C(=O)O. The Hall–Kier alpha value is -2.36. The first-order valence-electron chi connectivity index (χ1n) is 5.05. The molecule has 0 saturated heterocycles. The largest absolute Gasteiger partial charge is 0.480 e. The molecule has 0 atom stereocenters. The topological polar surface area (TPSA) is 59.4 Å². The quantitative estimate of drug-likeness (QED) is 0.878. The summed E-state index contributed by atoms with van der Waals surface area (Å²) in [5.74, 6) is -0.923. The highest BCUT2D eigenvalue weighted by Crippen LogP contribution is 2.28. The van der Waals surface area contributed by atoms with Crippen molar-refractivity contribution < 1.29 is 14.6 Å². The van der Waals surface area contributed by atoms with Crippen molar-refractivity contribution in [2.75, 3.05) is 7.11 Å². The van der Waals surface area contributed by atoms with Crippen LogP contribution in [0.5, 0.6) is 5.88 Å². The standard InChI is InChI=1S/C13H11NO3/c1-17-12-11(13(15)16)10(7-8-14-12)9-5-3-2-4-6-9/h2-8H,1H3,(H,15,16). The van der Waals surface area contributed by atoms with Gasteiger partial charge in [-0.15, -0.1) is 0 Å². The molecule has 0 aliphatic rings. The van der Waals surface area contributed by atoms with Crippen LogP contribution in [0, 0.1) is 0 Å². The molecule has 0 aliphatic heterocycles. The average molecular weight is 229 g/mol. The fourth-order valence-corrected chi connectivity index (χ4v) is 1.66. The summed E-state index contributed by atoms with van der Waals surface area (Å²) in [6.07, 6.45) is 1.54. The second-order valence-electron chi connectivity index (χ2n) is 3.41. The van der Waals surface area contributed by atoms with Gasteiger partial charge in [0.1, 0.15) is 5.56 Å². The van der Waals surface area contributed by atoms with Crippen molar-refractivity contribution in [2.45, 2.75) is 0 Å². The van der Waals surface area contributed by atoms with E-state index in [9.17, 15) is 9.90 Å². The molecule has 1 N–H and O–H groups in total. The number of benzene rings is 1. The Labute approximate surface area is 98.5 Å². The molecule has 0 aliphatic carbocycles. The number of carboxylic acid groups (broad SMARTS) is 1. The summed E-state index contributed by atoms with van der Waals surface area (Å²) >= 11 is 0. The zero-order valence-corrected chi connectivity index (χ0v) is 9.25. The van der Waals surface area contributed by atoms with Crippen LogP contribution in [0.3, 0.4) is 0 Å². The number of hydrogen-bond donors (Lipinski definition) is 1. The van der Waals surface area contributed by atoms with Crippen molar-refractivity contribution in [1.82, 2.24) is 4.98 Å². The maximum Gasteiger partial charge on any atom is 0.341 e. The van der Waals surface area contributed by atoms with Gasteiger partial charge in [0.25, 0.3) is 0 Å². The second kappa shape index (κ2) is 4.65. The van der Waals surface area contributed by atoms with Crippen LogP contribution in [0.2, 0.25) is 0 Å². The lowest BCUT2D eigenvalue weighted by molar-refractivity contribution is 0.0693. The third-order valence-corrected chi connectivity index (χ3v) is 2.41. The first kappa shape index (κ1) is 11.1. The Morgan fingerprint density at radius 3 is 2.53 bits per heavy atom. The summed E-state index contributed by atoms with van der Waals surface area (Å²) in [6, 6.07) is 11.0. The summed E-state index contributed by atoms with van der Waals surface area (Å²) in [5, 5.41) is 9.22. The van der Waals surface area contributed by atoms with Crippen molar-refractivity contribution in [1.29, 1.82) is 0 Å². The van der Waals surface area contributed by atoms with E-state index in [2.05, 4.69) is 4.98 Å². The van der Waals surface area contributed by atoms with Crippen molar-refractivity contribution in [3.63, 3.8) is 0 Å². The molecule has 2 aromatic rings. The smallest absolute Gasteiger partial charge is 0.341 e. The van der Waals surface area contributed by atoms with Gasteiger partial charge in [0, 0.05) is 11.8 Å². The minimum absolute atomic E-state index is 0.0844. The lowest BCUT2D eigenvalue weighted by atomic mass is 10.0. The molecule has 0 bridgehead atoms. The van der Waals surface area contributed by atoms with Crippen LogP contribution < -0.4 is 4.74 Å². The first-order chi connectivity index (χ1) is 8.24. The molecule has 86 valence electrons. The summed E-state index contributed by atoms with van der Waals surface area (Å²) in [6.45, 7) is 0. The summed E-state index contributed by atoms with van der Waals surface area (Å²) < 4.78 is 4.98. The Balaban J connectivity index is 2.66. The monoisotopic (exact) mass is 229 g/mol. The van der Waals surface area contributed by atoms with E-state index in [1.54, 1.807) is 6.07 Å². The number of aromatic nitrogens is 1. The van der Waals surface area contributed by atoms with E-state index in [1.165, 1.54) is 13.3 Å². The number of ether oxygens (including phenoxy) is 1. The molecule has 4 nitrogen and oxygen atoms in total. The predicted octanol–water partition coefficient (Wildman–Crippen LogP) is 2.46. The minimum atomic E-state index is -1.05. The Kier molecular flexibility index (Phi) is 3.05. The molecule has 0 unspecified atom stereocenters. The highest BCUT2D eigenvalue weighted by molar-refractivity contribution is 5.98. The lowest BCUT2D eigenvalue weighted by Crippen LogP contribution is -2.04. The molecular formula is C13H11NO3. The molecular weight excluding hydrogens is 218 g/mol. The second-order valence-corrected chi connectivity index (χ2v) is 3.41. The number of aromatic carboxylic acids is 1. The number of carboxylic acids is 1. The van der Waals surface area contributed by atoms with Gasteiger partial charge < -0.3 is 9.84 Å². The first-order valence-corrected chi connectivity index (χ1v) is 5.05. The molecule has 17 heavy (non-hydrogen) atoms. The third-order valence-electron chi connectivity index (χ3n) is 2.41. The molecule has 1 aromatic carbocycles. The number of nitrogens with zero attached hydrogens (tertiary/aromatic N) is 1. The molecule has 0 amide bonds. The van der Waals surface area contributed by atoms with Crippen LogP contribution in [0.4, 0.5) is 0 Å². The Bertz CT molecular complexity index is 538. The fourth-order valence-electron chi connectivity index (χ4n) is 1.66. The third kappa shape index (κ3) is 2.10. The summed E-state index contributed by atoms with van der Waals surface area (Å²) in [4.78, 5) is 15.2. The number of pyridine rings is 1. The molecule has 1 heterocycles. The average Bonchev–Trinajstić information content (AvgIpc) is 2.38. The number of rotatable bonds is 3. The zero-order chi connectivity index (χ0) is 12.3. The van der Waals surface area contributed by atoms with Crippen molar-refractivity contribution >= 4 is 5.97 Å². The van der Waals surface area contributed by atoms with E-state index in [0.29, 0.717) is 5.56 Å². The highest BCUT2D eigenvalue weighted by atomic mass is 16.5. The summed E-state index contributed by atoms with van der Waals surface area (Å²) in [7, 11) is 1.41. The van der Waals surface area contributed by atoms with E-state index in [-0.39, 0.29) is 11.4 Å². The van der Waals surface area contributed by atoms with Crippen LogP contribution >= 0.6 is 0 Å². The normalized spacial score (nSPS) is 9.94. The van der Waals surface area contributed by atoms with Gasteiger partial charge in [-0.1, -0.05) is 30.3 Å². The minimum Gasteiger partial charge on any atom is -0.480 e. The van der Waals surface area contributed by atoms with Crippen molar-refractivity contribution in [2.24, 2.45) is 0 Å². The number of hydrogen-bond acceptors (Lipinski definition) is 3. The van der Waals surface area contributed by atoms with Crippen LogP contribution in [0.1, 0.15) is 10.4 Å². The Morgan fingerprint density at radius 1 is 1.24 bits per heavy atom. The molecule has 1 aromatic heterocycles. The molecule has 0 radical (unpaired) electrons. The van der Waals surface area contributed by atoms with E-state index in [4.69, 9.17) is 4.74 Å². The highest BCUT2D eigenvalue weighted by Gasteiger charge is 2.18. The van der Waals surface area contributed by atoms with Crippen LogP contribution in [0.25, 0.3) is 11.1 Å². The number of methoxy groups -OCH3 is 1. The van der Waals surface area contributed by atoms with Crippen LogP contribution in [-0.2, 0) is 0 Å². The van der Waals surface area contributed by atoms with E-state index in [0.717, 1.165) is 5.56 Å². The van der Waals surface area contributed by atoms with Gasteiger partial charge in [-0.3, -0.25) is 0 Å². The van der Waals surface area contributed by atoms with Gasteiger partial charge in [-0.05, 0) is 11.6 Å². The number of carbonyl (C=O) groups is 1. The zero-order valence-electron chi connectivity index (χ0n) is 9.25. The molecule has 2 rings (SSSR count). The lowest BCUT2D eigenvalue weighted by Gasteiger charge is -2.09. The fraction of sp³-hybridized carbons (Fsp3) is 0.0769. The van der Waals surface area contributed by atoms with Gasteiger partial charge in [-0.2, -0.15) is 0 Å². The Morgan fingerprint density at radius 2 is 1.94 bits per heavy atom. The van der Waals surface area contributed by atoms with E-state index >= 15 is 0 Å². The van der Waals surface area contributed by atoms with Crippen molar-refractivity contribution in [3.8, 4) is 17.0 Å². The molecule has 4 heteroatoms. The van der Waals surface area contributed by atoms with Gasteiger partial charge in [0.15, 0.2) is 0 Å². The van der Waals surface area contributed by atoms with Gasteiger partial charge in [-0.25, -0.2) is 9.78 Å². The van der Waals surface area contributed by atoms with E-state index in [1.807, 2.05) is 30.3 Å².